The first-order valence-electron chi connectivity index (χ1n) is 8.79. The molecule has 0 bridgehead atoms. The third kappa shape index (κ3) is 6.65. The Morgan fingerprint density at radius 3 is 2.27 bits per heavy atom. The Labute approximate surface area is 174 Å². The van der Waals surface area contributed by atoms with Crippen LogP contribution in [-0.2, 0) is 16.0 Å². The Hall–Kier alpha value is -2.23. The highest BCUT2D eigenvalue weighted by Crippen LogP contribution is 2.35. The van der Waals surface area contributed by atoms with Gasteiger partial charge in [0, 0.05) is 11.1 Å². The van der Waals surface area contributed by atoms with Crippen LogP contribution >= 0.6 is 11.6 Å². The standard InChI is InChI=1S/C20H19ClF5NO3/c21-15-3-1-2-14(9-15)13-6-4-12(5-7-13)8-16(27)10-17(28)18(29)30-11-19(22,23)20(24,25)26/h1-7,9,16-17,28H,8,10-11,27H2/t16?,17-/m1/s1. The van der Waals surface area contributed by atoms with Crippen LogP contribution in [0.5, 0.6) is 0 Å². The summed E-state index contributed by atoms with van der Waals surface area (Å²) in [4.78, 5) is 11.5. The fourth-order valence-electron chi connectivity index (χ4n) is 2.61. The summed E-state index contributed by atoms with van der Waals surface area (Å²) >= 11 is 5.96. The molecule has 164 valence electrons. The van der Waals surface area contributed by atoms with E-state index in [1.54, 1.807) is 24.3 Å². The number of alkyl halides is 5. The molecule has 10 heteroatoms. The third-order valence-electron chi connectivity index (χ3n) is 4.22. The normalized spacial score (nSPS) is 14.3. The van der Waals surface area contributed by atoms with Crippen LogP contribution < -0.4 is 5.73 Å². The highest BCUT2D eigenvalue weighted by molar-refractivity contribution is 6.30. The van der Waals surface area contributed by atoms with Crippen LogP contribution in [0.1, 0.15) is 12.0 Å². The second-order valence-corrected chi connectivity index (χ2v) is 7.17. The smallest absolute Gasteiger partial charge is 0.456 e. The largest absolute Gasteiger partial charge is 0.457 e. The summed E-state index contributed by atoms with van der Waals surface area (Å²) in [5.41, 5.74) is 8.44. The molecule has 0 fully saturated rings. The van der Waals surface area contributed by atoms with E-state index in [2.05, 4.69) is 4.74 Å². The molecule has 3 N–H and O–H groups in total. The van der Waals surface area contributed by atoms with Crippen molar-refractivity contribution in [1.29, 1.82) is 0 Å². The molecule has 4 nitrogen and oxygen atoms in total. The van der Waals surface area contributed by atoms with Crippen molar-refractivity contribution < 1.29 is 36.6 Å². The fourth-order valence-corrected chi connectivity index (χ4v) is 2.80. The van der Waals surface area contributed by atoms with Crippen LogP contribution in [0.4, 0.5) is 22.0 Å². The van der Waals surface area contributed by atoms with Crippen LogP contribution in [0.25, 0.3) is 11.1 Å². The highest BCUT2D eigenvalue weighted by Gasteiger charge is 2.58. The number of carbonyl (C=O) groups is 1. The van der Waals surface area contributed by atoms with Gasteiger partial charge >= 0.3 is 18.1 Å². The Morgan fingerprint density at radius 2 is 1.70 bits per heavy atom. The predicted octanol–water partition coefficient (Wildman–Crippen LogP) is 4.37. The van der Waals surface area contributed by atoms with Gasteiger partial charge in [-0.25, -0.2) is 4.79 Å². The number of aliphatic hydroxyl groups is 1. The van der Waals surface area contributed by atoms with Crippen LogP contribution in [-0.4, -0.2) is 41.9 Å². The second-order valence-electron chi connectivity index (χ2n) is 6.73. The molecule has 0 saturated heterocycles. The number of halogens is 6. The Balaban J connectivity index is 1.87. The lowest BCUT2D eigenvalue weighted by Gasteiger charge is -2.21. The lowest BCUT2D eigenvalue weighted by Crippen LogP contribution is -2.43. The summed E-state index contributed by atoms with van der Waals surface area (Å²) in [7, 11) is 0. The predicted molar refractivity (Wildman–Crippen MR) is 101 cm³/mol. The first kappa shape index (κ1) is 24.0. The first-order chi connectivity index (χ1) is 13.9. The summed E-state index contributed by atoms with van der Waals surface area (Å²) < 4.78 is 65.6. The number of hydrogen-bond donors (Lipinski definition) is 2. The van der Waals surface area contributed by atoms with Gasteiger partial charge in [-0.3, -0.25) is 0 Å². The lowest BCUT2D eigenvalue weighted by molar-refractivity contribution is -0.294. The van der Waals surface area contributed by atoms with E-state index in [4.69, 9.17) is 17.3 Å². The molecule has 0 aliphatic carbocycles. The molecule has 2 rings (SSSR count). The maximum Gasteiger partial charge on any atom is 0.456 e. The fraction of sp³-hybridized carbons (Fsp3) is 0.350. The molecule has 0 radical (unpaired) electrons. The van der Waals surface area contributed by atoms with Gasteiger partial charge < -0.3 is 15.6 Å². The minimum atomic E-state index is -5.86. The average molecular weight is 452 g/mol. The number of hydrogen-bond acceptors (Lipinski definition) is 4. The van der Waals surface area contributed by atoms with Crippen molar-refractivity contribution in [3.63, 3.8) is 0 Å². The van der Waals surface area contributed by atoms with E-state index in [0.717, 1.165) is 16.7 Å². The van der Waals surface area contributed by atoms with Crippen LogP contribution in [0.15, 0.2) is 48.5 Å². The van der Waals surface area contributed by atoms with E-state index in [0.29, 0.717) is 5.02 Å². The van der Waals surface area contributed by atoms with Gasteiger partial charge in [0.2, 0.25) is 0 Å². The van der Waals surface area contributed by atoms with E-state index < -0.39 is 36.8 Å². The molecule has 2 atom stereocenters. The Kier molecular flexibility index (Phi) is 7.79. The molecule has 0 aliphatic heterocycles. The molecule has 1 unspecified atom stereocenters. The monoisotopic (exact) mass is 451 g/mol. The van der Waals surface area contributed by atoms with E-state index in [-0.39, 0.29) is 12.8 Å². The summed E-state index contributed by atoms with van der Waals surface area (Å²) in [5, 5.41) is 10.3. The molecule has 2 aromatic rings. The Bertz CT molecular complexity index is 858. The third-order valence-corrected chi connectivity index (χ3v) is 4.45. The van der Waals surface area contributed by atoms with E-state index in [1.807, 2.05) is 24.3 Å². The van der Waals surface area contributed by atoms with Crippen molar-refractivity contribution in [1.82, 2.24) is 0 Å². The maximum atomic E-state index is 12.8. The van der Waals surface area contributed by atoms with Gasteiger partial charge in [-0.2, -0.15) is 22.0 Å². The average Bonchev–Trinajstić information content (AvgIpc) is 2.65. The number of rotatable bonds is 8. The molecule has 0 aromatic heterocycles. The number of aliphatic hydroxyl groups excluding tert-OH is 1. The van der Waals surface area contributed by atoms with Crippen molar-refractivity contribution in [2.45, 2.75) is 37.1 Å². The van der Waals surface area contributed by atoms with Crippen molar-refractivity contribution in [3.8, 4) is 11.1 Å². The van der Waals surface area contributed by atoms with Crippen LogP contribution in [0.2, 0.25) is 5.02 Å². The number of nitrogens with two attached hydrogens (primary N) is 1. The summed E-state index contributed by atoms with van der Waals surface area (Å²) in [6.45, 7) is -2.20. The molecule has 0 spiro atoms. The maximum absolute atomic E-state index is 12.8. The molecule has 0 amide bonds. The first-order valence-corrected chi connectivity index (χ1v) is 9.16. The number of benzene rings is 2. The minimum Gasteiger partial charge on any atom is -0.457 e. The number of ether oxygens (including phenoxy) is 1. The van der Waals surface area contributed by atoms with Gasteiger partial charge in [0.1, 0.15) is 0 Å². The number of carbonyl (C=O) groups excluding carboxylic acids is 1. The van der Waals surface area contributed by atoms with Gasteiger partial charge in [0.05, 0.1) is 0 Å². The molecule has 2 aromatic carbocycles. The minimum absolute atomic E-state index is 0.235. The molecular weight excluding hydrogens is 433 g/mol. The lowest BCUT2D eigenvalue weighted by atomic mass is 9.98. The van der Waals surface area contributed by atoms with Crippen molar-refractivity contribution >= 4 is 17.6 Å². The topological polar surface area (TPSA) is 72.5 Å². The molecular formula is C20H19ClF5NO3. The quantitative estimate of drug-likeness (QED) is 0.462. The zero-order valence-corrected chi connectivity index (χ0v) is 16.3. The highest BCUT2D eigenvalue weighted by atomic mass is 35.5. The van der Waals surface area contributed by atoms with Crippen LogP contribution in [0.3, 0.4) is 0 Å². The van der Waals surface area contributed by atoms with Gasteiger partial charge in [0.25, 0.3) is 0 Å². The van der Waals surface area contributed by atoms with Gasteiger partial charge in [-0.15, -0.1) is 0 Å². The summed E-state index contributed by atoms with van der Waals surface area (Å²) in [5.74, 6) is -6.79. The molecule has 0 aliphatic rings. The molecule has 30 heavy (non-hydrogen) atoms. The van der Waals surface area contributed by atoms with Crippen molar-refractivity contribution in [2.24, 2.45) is 5.73 Å². The summed E-state index contributed by atoms with van der Waals surface area (Å²) in [6, 6.07) is 13.7. The van der Waals surface area contributed by atoms with E-state index >= 15 is 0 Å². The summed E-state index contributed by atoms with van der Waals surface area (Å²) in [6.07, 6.45) is -7.91. The zero-order valence-electron chi connectivity index (χ0n) is 15.5. The molecule has 0 heterocycles. The SMILES string of the molecule is NC(Cc1ccc(-c2cccc(Cl)c2)cc1)C[C@@H](O)C(=O)OCC(F)(F)C(F)(F)F. The second kappa shape index (κ2) is 9.72. The number of esters is 1. The van der Waals surface area contributed by atoms with E-state index in [1.165, 1.54) is 0 Å². The van der Waals surface area contributed by atoms with Crippen LogP contribution in [0, 0.1) is 0 Å². The Morgan fingerprint density at radius 1 is 1.07 bits per heavy atom. The van der Waals surface area contributed by atoms with Gasteiger partial charge in [0.15, 0.2) is 12.7 Å². The van der Waals surface area contributed by atoms with Crippen molar-refractivity contribution in [3.05, 3.63) is 59.1 Å². The van der Waals surface area contributed by atoms with Gasteiger partial charge in [-0.1, -0.05) is 48.0 Å². The van der Waals surface area contributed by atoms with Crippen molar-refractivity contribution in [2.75, 3.05) is 6.61 Å². The van der Waals surface area contributed by atoms with E-state index in [9.17, 15) is 31.9 Å². The zero-order chi connectivity index (χ0) is 22.5. The van der Waals surface area contributed by atoms with Gasteiger partial charge in [-0.05, 0) is 41.7 Å². The molecule has 0 saturated carbocycles.